The van der Waals surface area contributed by atoms with Crippen LogP contribution in [0, 0.1) is 0 Å². The molecular formula is C24H23N7OS. The molecule has 5 aromatic rings. The van der Waals surface area contributed by atoms with Gasteiger partial charge in [-0.15, -0.1) is 11.3 Å². The van der Waals surface area contributed by atoms with Gasteiger partial charge in [0.25, 0.3) is 5.91 Å². The molecule has 1 aliphatic heterocycles. The zero-order valence-corrected chi connectivity index (χ0v) is 19.0. The number of rotatable bonds is 4. The number of thiazole rings is 1. The average molecular weight is 458 g/mol. The van der Waals surface area contributed by atoms with E-state index in [0.717, 1.165) is 52.3 Å². The number of anilines is 1. The zero-order chi connectivity index (χ0) is 22.4. The van der Waals surface area contributed by atoms with Crippen LogP contribution in [0.4, 0.5) is 5.82 Å². The van der Waals surface area contributed by atoms with Gasteiger partial charge in [0.1, 0.15) is 22.7 Å². The molecule has 6 rings (SSSR count). The monoisotopic (exact) mass is 457 g/mol. The standard InChI is InChI=1S/C24H23N7OS/c1-25-22-21-20(18-12-16-4-2-3-5-17(16)28-18)29-23(31(21)11-8-26-22)15-6-9-30(10-7-15)24(32)19-13-33-14-27-19/h2-5,8,11-15,28H,6-7,9-10H2,1H3,(H,25,26). The summed E-state index contributed by atoms with van der Waals surface area (Å²) in [6, 6.07) is 10.4. The average Bonchev–Trinajstić information content (AvgIpc) is 3.61. The molecule has 1 saturated heterocycles. The molecule has 1 fully saturated rings. The number of aromatic nitrogens is 5. The van der Waals surface area contributed by atoms with Crippen molar-refractivity contribution in [2.45, 2.75) is 18.8 Å². The molecule has 33 heavy (non-hydrogen) atoms. The Hall–Kier alpha value is -3.72. The van der Waals surface area contributed by atoms with Crippen LogP contribution >= 0.6 is 11.3 Å². The van der Waals surface area contributed by atoms with Crippen LogP contribution in [0.5, 0.6) is 0 Å². The number of hydrogen-bond acceptors (Lipinski definition) is 6. The maximum atomic E-state index is 12.7. The quantitative estimate of drug-likeness (QED) is 0.418. The summed E-state index contributed by atoms with van der Waals surface area (Å²) >= 11 is 1.45. The fourth-order valence-electron chi connectivity index (χ4n) is 4.74. The van der Waals surface area contributed by atoms with Gasteiger partial charge in [0.05, 0.1) is 11.2 Å². The van der Waals surface area contributed by atoms with E-state index in [1.807, 2.05) is 35.7 Å². The molecule has 1 amide bonds. The SMILES string of the molecule is CNc1nccn2c(C3CCN(C(=O)c4cscn4)CC3)nc(-c3cc4ccccc4[nH]3)c12. The lowest BCUT2D eigenvalue weighted by Crippen LogP contribution is -2.38. The van der Waals surface area contributed by atoms with Gasteiger partial charge in [-0.1, -0.05) is 18.2 Å². The molecular weight excluding hydrogens is 434 g/mol. The number of fused-ring (bicyclic) bond motifs is 2. The summed E-state index contributed by atoms with van der Waals surface area (Å²) in [4.78, 5) is 32.0. The number of aromatic amines is 1. The number of H-pyrrole nitrogens is 1. The summed E-state index contributed by atoms with van der Waals surface area (Å²) in [7, 11) is 1.88. The third-order valence-electron chi connectivity index (χ3n) is 6.40. The first-order chi connectivity index (χ1) is 16.2. The largest absolute Gasteiger partial charge is 0.371 e. The Bertz CT molecular complexity index is 1410. The van der Waals surface area contributed by atoms with E-state index >= 15 is 0 Å². The van der Waals surface area contributed by atoms with Crippen LogP contribution in [0.3, 0.4) is 0 Å². The number of hydrogen-bond donors (Lipinski definition) is 2. The van der Waals surface area contributed by atoms with Crippen LogP contribution < -0.4 is 5.32 Å². The molecule has 0 atom stereocenters. The first-order valence-electron chi connectivity index (χ1n) is 11.0. The van der Waals surface area contributed by atoms with Crippen molar-refractivity contribution in [1.29, 1.82) is 0 Å². The molecule has 0 saturated carbocycles. The van der Waals surface area contributed by atoms with E-state index in [1.165, 1.54) is 11.3 Å². The number of nitrogens with one attached hydrogen (secondary N) is 2. The van der Waals surface area contributed by atoms with Crippen molar-refractivity contribution >= 4 is 39.5 Å². The van der Waals surface area contributed by atoms with Crippen LogP contribution in [-0.2, 0) is 0 Å². The lowest BCUT2D eigenvalue weighted by molar-refractivity contribution is 0.0706. The topological polar surface area (TPSA) is 91.2 Å². The number of likely N-dealkylation sites (tertiary alicyclic amines) is 1. The van der Waals surface area contributed by atoms with E-state index in [1.54, 1.807) is 11.7 Å². The van der Waals surface area contributed by atoms with E-state index < -0.39 is 0 Å². The summed E-state index contributed by atoms with van der Waals surface area (Å²) in [5.41, 5.74) is 6.15. The molecule has 0 aliphatic carbocycles. The second-order valence-corrected chi connectivity index (χ2v) is 8.99. The first kappa shape index (κ1) is 19.9. The molecule has 0 unspecified atom stereocenters. The maximum absolute atomic E-state index is 12.7. The molecule has 0 spiro atoms. The van der Waals surface area contributed by atoms with Crippen LogP contribution in [0.25, 0.3) is 27.8 Å². The lowest BCUT2D eigenvalue weighted by atomic mass is 9.96. The van der Waals surface area contributed by atoms with Gasteiger partial charge in [0.15, 0.2) is 5.82 Å². The van der Waals surface area contributed by atoms with E-state index in [2.05, 4.69) is 42.9 Å². The Morgan fingerprint density at radius 2 is 2.06 bits per heavy atom. The molecule has 8 nitrogen and oxygen atoms in total. The molecule has 2 N–H and O–H groups in total. The summed E-state index contributed by atoms with van der Waals surface area (Å²) < 4.78 is 2.16. The minimum absolute atomic E-state index is 0.0168. The van der Waals surface area contributed by atoms with Crippen molar-refractivity contribution in [2.24, 2.45) is 0 Å². The smallest absolute Gasteiger partial charge is 0.273 e. The number of para-hydroxylation sites is 1. The zero-order valence-electron chi connectivity index (χ0n) is 18.2. The number of piperidine rings is 1. The van der Waals surface area contributed by atoms with Crippen molar-refractivity contribution in [3.63, 3.8) is 0 Å². The van der Waals surface area contributed by atoms with Crippen LogP contribution in [0.15, 0.2) is 53.6 Å². The van der Waals surface area contributed by atoms with Crippen LogP contribution in [0.2, 0.25) is 0 Å². The highest BCUT2D eigenvalue weighted by molar-refractivity contribution is 7.07. The highest BCUT2D eigenvalue weighted by Gasteiger charge is 2.29. The second-order valence-electron chi connectivity index (χ2n) is 8.27. The Balaban J connectivity index is 1.37. The van der Waals surface area contributed by atoms with Gasteiger partial charge >= 0.3 is 0 Å². The minimum atomic E-state index is 0.0168. The fraction of sp³-hybridized carbons (Fsp3) is 0.250. The van der Waals surface area contributed by atoms with Crippen LogP contribution in [0.1, 0.15) is 35.1 Å². The van der Waals surface area contributed by atoms with E-state index in [-0.39, 0.29) is 11.8 Å². The van der Waals surface area contributed by atoms with Gasteiger partial charge in [-0.25, -0.2) is 15.0 Å². The molecule has 1 aliphatic rings. The number of benzene rings is 1. The number of carbonyl (C=O) groups excluding carboxylic acids is 1. The molecule has 9 heteroatoms. The predicted octanol–water partition coefficient (Wildman–Crippen LogP) is 4.40. The Morgan fingerprint density at radius 3 is 2.82 bits per heavy atom. The van der Waals surface area contributed by atoms with E-state index in [0.29, 0.717) is 18.8 Å². The summed E-state index contributed by atoms with van der Waals surface area (Å²) in [5, 5.41) is 6.19. The highest BCUT2D eigenvalue weighted by Crippen LogP contribution is 2.35. The minimum Gasteiger partial charge on any atom is -0.371 e. The van der Waals surface area contributed by atoms with Crippen molar-refractivity contribution in [3.05, 3.63) is 65.1 Å². The Kier molecular flexibility index (Phi) is 4.83. The molecule has 1 aromatic carbocycles. The molecule has 0 radical (unpaired) electrons. The van der Waals surface area contributed by atoms with Crippen molar-refractivity contribution in [1.82, 2.24) is 29.2 Å². The molecule has 166 valence electrons. The Labute approximate surface area is 194 Å². The summed E-state index contributed by atoms with van der Waals surface area (Å²) in [6.45, 7) is 1.39. The number of amides is 1. The lowest BCUT2D eigenvalue weighted by Gasteiger charge is -2.31. The second kappa shape index (κ2) is 8.00. The van der Waals surface area contributed by atoms with Crippen LogP contribution in [-0.4, -0.2) is 55.3 Å². The van der Waals surface area contributed by atoms with E-state index in [9.17, 15) is 4.79 Å². The normalized spacial score (nSPS) is 14.9. The third kappa shape index (κ3) is 3.36. The molecule has 5 heterocycles. The summed E-state index contributed by atoms with van der Waals surface area (Å²) in [6.07, 6.45) is 5.51. The first-order valence-corrected chi connectivity index (χ1v) is 12.0. The third-order valence-corrected chi connectivity index (χ3v) is 6.99. The van der Waals surface area contributed by atoms with Gasteiger partial charge in [-0.2, -0.15) is 0 Å². The molecule has 4 aromatic heterocycles. The van der Waals surface area contributed by atoms with Crippen molar-refractivity contribution in [3.8, 4) is 11.4 Å². The van der Waals surface area contributed by atoms with Gasteiger partial charge in [-0.05, 0) is 25.0 Å². The summed E-state index contributed by atoms with van der Waals surface area (Å²) in [5.74, 6) is 2.07. The molecule has 0 bridgehead atoms. The van der Waals surface area contributed by atoms with Gasteiger partial charge < -0.3 is 15.2 Å². The van der Waals surface area contributed by atoms with Crippen molar-refractivity contribution < 1.29 is 4.79 Å². The van der Waals surface area contributed by atoms with E-state index in [4.69, 9.17) is 4.98 Å². The number of imidazole rings is 1. The number of nitrogens with zero attached hydrogens (tertiary/aromatic N) is 5. The predicted molar refractivity (Wildman–Crippen MR) is 130 cm³/mol. The Morgan fingerprint density at radius 1 is 1.21 bits per heavy atom. The van der Waals surface area contributed by atoms with Gasteiger partial charge in [0.2, 0.25) is 0 Å². The maximum Gasteiger partial charge on any atom is 0.273 e. The fourth-order valence-corrected chi connectivity index (χ4v) is 5.27. The number of carbonyl (C=O) groups is 1. The van der Waals surface area contributed by atoms with Crippen molar-refractivity contribution in [2.75, 3.05) is 25.5 Å². The van der Waals surface area contributed by atoms with Gasteiger partial charge in [0, 0.05) is 54.7 Å². The highest BCUT2D eigenvalue weighted by atomic mass is 32.1. The van der Waals surface area contributed by atoms with Gasteiger partial charge in [-0.3, -0.25) is 9.20 Å².